The second-order valence-electron chi connectivity index (χ2n) is 4.84. The molecule has 1 aromatic rings. The van der Waals surface area contributed by atoms with Crippen LogP contribution in [0.25, 0.3) is 0 Å². The third-order valence-electron chi connectivity index (χ3n) is 3.39. The molecule has 0 atom stereocenters. The summed E-state index contributed by atoms with van der Waals surface area (Å²) in [6.07, 6.45) is 0. The molecule has 1 heterocycles. The zero-order valence-electron chi connectivity index (χ0n) is 11.4. The topological polar surface area (TPSA) is 59.4 Å². The van der Waals surface area contributed by atoms with Crippen molar-refractivity contribution in [1.29, 1.82) is 5.26 Å². The summed E-state index contributed by atoms with van der Waals surface area (Å²) in [7, 11) is 2.05. The van der Waals surface area contributed by atoms with E-state index in [2.05, 4.69) is 17.3 Å². The number of amides is 1. The molecule has 1 fully saturated rings. The highest BCUT2D eigenvalue weighted by molar-refractivity contribution is 6.32. The summed E-state index contributed by atoms with van der Waals surface area (Å²) >= 11 is 5.95. The van der Waals surface area contributed by atoms with Crippen LogP contribution >= 0.6 is 11.6 Å². The first-order valence-corrected chi connectivity index (χ1v) is 6.88. The molecule has 20 heavy (non-hydrogen) atoms. The number of rotatable bonds is 3. The maximum Gasteiger partial charge on any atom is 0.241 e. The molecule has 1 aliphatic rings. The maximum absolute atomic E-state index is 12.0. The van der Waals surface area contributed by atoms with Gasteiger partial charge in [0.25, 0.3) is 0 Å². The van der Waals surface area contributed by atoms with E-state index in [-0.39, 0.29) is 12.5 Å². The molecule has 1 N–H and O–H groups in total. The molecule has 0 aliphatic carbocycles. The first-order valence-electron chi connectivity index (χ1n) is 6.50. The van der Waals surface area contributed by atoms with Gasteiger partial charge in [-0.1, -0.05) is 11.6 Å². The number of halogens is 1. The highest BCUT2D eigenvalue weighted by Crippen LogP contribution is 2.20. The van der Waals surface area contributed by atoms with Crippen LogP contribution in [0.3, 0.4) is 0 Å². The molecule has 1 aliphatic heterocycles. The van der Waals surface area contributed by atoms with Gasteiger partial charge in [0.05, 0.1) is 17.1 Å². The van der Waals surface area contributed by atoms with Crippen LogP contribution in [-0.4, -0.2) is 55.5 Å². The summed E-state index contributed by atoms with van der Waals surface area (Å²) in [5, 5.41) is 12.2. The fraction of sp³-hybridized carbons (Fsp3) is 0.429. The van der Waals surface area contributed by atoms with Gasteiger partial charge >= 0.3 is 0 Å². The number of piperazine rings is 1. The van der Waals surface area contributed by atoms with Crippen molar-refractivity contribution in [2.24, 2.45) is 0 Å². The van der Waals surface area contributed by atoms with Crippen LogP contribution in [0.1, 0.15) is 5.56 Å². The van der Waals surface area contributed by atoms with Gasteiger partial charge in [0.15, 0.2) is 0 Å². The van der Waals surface area contributed by atoms with Crippen LogP contribution < -0.4 is 5.32 Å². The summed E-state index contributed by atoms with van der Waals surface area (Å²) in [5.74, 6) is 0.0820. The summed E-state index contributed by atoms with van der Waals surface area (Å²) in [6.45, 7) is 3.60. The summed E-state index contributed by atoms with van der Waals surface area (Å²) in [6, 6.07) is 7.06. The van der Waals surface area contributed by atoms with E-state index in [4.69, 9.17) is 16.9 Å². The predicted molar refractivity (Wildman–Crippen MR) is 78.7 cm³/mol. The lowest BCUT2D eigenvalue weighted by Crippen LogP contribution is -2.48. The standard InChI is InChI=1S/C14H17ClN4O/c1-18-4-6-19(7-5-18)14(20)10-17-12-3-2-11(9-16)13(15)8-12/h2-3,8,17H,4-7,10H2,1H3. The van der Waals surface area contributed by atoms with E-state index in [1.807, 2.05) is 11.0 Å². The number of nitriles is 1. The molecular weight excluding hydrogens is 276 g/mol. The highest BCUT2D eigenvalue weighted by Gasteiger charge is 2.18. The molecule has 1 aromatic carbocycles. The Balaban J connectivity index is 1.87. The number of nitrogens with zero attached hydrogens (tertiary/aromatic N) is 3. The monoisotopic (exact) mass is 292 g/mol. The Morgan fingerprint density at radius 3 is 2.70 bits per heavy atom. The Labute approximate surface area is 123 Å². The van der Waals surface area contributed by atoms with Crippen LogP contribution in [0.2, 0.25) is 5.02 Å². The van der Waals surface area contributed by atoms with Crippen LogP contribution in [0.4, 0.5) is 5.69 Å². The Hall–Kier alpha value is -1.77. The van der Waals surface area contributed by atoms with Gasteiger partial charge in [-0.2, -0.15) is 5.26 Å². The summed E-state index contributed by atoms with van der Waals surface area (Å²) < 4.78 is 0. The quantitative estimate of drug-likeness (QED) is 0.915. The Bertz CT molecular complexity index is 532. The van der Waals surface area contributed by atoms with Gasteiger partial charge in [0.2, 0.25) is 5.91 Å². The van der Waals surface area contributed by atoms with Gasteiger partial charge in [0.1, 0.15) is 6.07 Å². The average Bonchev–Trinajstić information content (AvgIpc) is 2.45. The SMILES string of the molecule is CN1CCN(C(=O)CNc2ccc(C#N)c(Cl)c2)CC1. The van der Waals surface area contributed by atoms with E-state index in [0.717, 1.165) is 31.9 Å². The molecular formula is C14H17ClN4O. The van der Waals surface area contributed by atoms with Crippen LogP contribution in [0.5, 0.6) is 0 Å². The van der Waals surface area contributed by atoms with E-state index >= 15 is 0 Å². The minimum absolute atomic E-state index is 0.0820. The van der Waals surface area contributed by atoms with E-state index in [1.54, 1.807) is 18.2 Å². The number of hydrogen-bond acceptors (Lipinski definition) is 4. The molecule has 1 amide bonds. The van der Waals surface area contributed by atoms with Gasteiger partial charge in [-0.25, -0.2) is 0 Å². The fourth-order valence-corrected chi connectivity index (χ4v) is 2.28. The van der Waals surface area contributed by atoms with Gasteiger partial charge in [0, 0.05) is 31.9 Å². The molecule has 6 heteroatoms. The second-order valence-corrected chi connectivity index (χ2v) is 5.25. The van der Waals surface area contributed by atoms with Gasteiger partial charge < -0.3 is 15.1 Å². The average molecular weight is 293 g/mol. The number of hydrogen-bond donors (Lipinski definition) is 1. The zero-order chi connectivity index (χ0) is 14.5. The van der Waals surface area contributed by atoms with Crippen molar-refractivity contribution < 1.29 is 4.79 Å². The lowest BCUT2D eigenvalue weighted by atomic mass is 10.2. The minimum Gasteiger partial charge on any atom is -0.376 e. The van der Waals surface area contributed by atoms with Crippen LogP contribution in [-0.2, 0) is 4.79 Å². The largest absolute Gasteiger partial charge is 0.376 e. The number of nitrogens with one attached hydrogen (secondary N) is 1. The molecule has 106 valence electrons. The van der Waals surface area contributed by atoms with E-state index in [0.29, 0.717) is 10.6 Å². The van der Waals surface area contributed by atoms with E-state index in [1.165, 1.54) is 0 Å². The van der Waals surface area contributed by atoms with Crippen LogP contribution in [0, 0.1) is 11.3 Å². The summed E-state index contributed by atoms with van der Waals surface area (Å²) in [5.41, 5.74) is 1.18. The molecule has 0 spiro atoms. The fourth-order valence-electron chi connectivity index (χ4n) is 2.06. The van der Waals surface area contributed by atoms with Gasteiger partial charge in [-0.3, -0.25) is 4.79 Å². The van der Waals surface area contributed by atoms with Crippen molar-refractivity contribution >= 4 is 23.2 Å². The number of carbonyl (C=O) groups excluding carboxylic acids is 1. The molecule has 0 unspecified atom stereocenters. The molecule has 0 aromatic heterocycles. The minimum atomic E-state index is 0.0820. The smallest absolute Gasteiger partial charge is 0.241 e. The first-order chi connectivity index (χ1) is 9.60. The van der Waals surface area contributed by atoms with Gasteiger partial charge in [-0.15, -0.1) is 0 Å². The third-order valence-corrected chi connectivity index (χ3v) is 3.70. The number of carbonyl (C=O) groups is 1. The highest BCUT2D eigenvalue weighted by atomic mass is 35.5. The van der Waals surface area contributed by atoms with E-state index in [9.17, 15) is 4.79 Å². The molecule has 1 saturated heterocycles. The molecule has 0 bridgehead atoms. The summed E-state index contributed by atoms with van der Waals surface area (Å²) in [4.78, 5) is 16.1. The Morgan fingerprint density at radius 2 is 2.10 bits per heavy atom. The normalized spacial score (nSPS) is 15.8. The molecule has 2 rings (SSSR count). The maximum atomic E-state index is 12.0. The predicted octanol–water partition coefficient (Wildman–Crippen LogP) is 1.40. The second kappa shape index (κ2) is 6.60. The van der Waals surface area contributed by atoms with Gasteiger partial charge in [-0.05, 0) is 25.2 Å². The van der Waals surface area contributed by atoms with Crippen molar-refractivity contribution in [3.63, 3.8) is 0 Å². The van der Waals surface area contributed by atoms with Crippen molar-refractivity contribution in [2.45, 2.75) is 0 Å². The molecule has 5 nitrogen and oxygen atoms in total. The van der Waals surface area contributed by atoms with E-state index < -0.39 is 0 Å². The Morgan fingerprint density at radius 1 is 1.40 bits per heavy atom. The number of benzene rings is 1. The van der Waals surface area contributed by atoms with Crippen molar-refractivity contribution in [3.05, 3.63) is 28.8 Å². The zero-order valence-corrected chi connectivity index (χ0v) is 12.2. The van der Waals surface area contributed by atoms with Crippen molar-refractivity contribution in [1.82, 2.24) is 9.80 Å². The lowest BCUT2D eigenvalue weighted by Gasteiger charge is -2.32. The van der Waals surface area contributed by atoms with Crippen molar-refractivity contribution in [2.75, 3.05) is 45.1 Å². The van der Waals surface area contributed by atoms with Crippen LogP contribution in [0.15, 0.2) is 18.2 Å². The van der Waals surface area contributed by atoms with Crippen molar-refractivity contribution in [3.8, 4) is 6.07 Å². The Kier molecular flexibility index (Phi) is 4.83. The molecule has 0 saturated carbocycles. The molecule has 0 radical (unpaired) electrons. The first kappa shape index (κ1) is 14.6. The number of likely N-dealkylation sites (N-methyl/N-ethyl adjacent to an activating group) is 1. The third kappa shape index (κ3) is 3.62. The lowest BCUT2D eigenvalue weighted by molar-refractivity contribution is -0.130. The number of anilines is 1.